The topological polar surface area (TPSA) is 44.8 Å². The first kappa shape index (κ1) is 17.7. The number of methoxy groups -OCH3 is 1. The van der Waals surface area contributed by atoms with E-state index in [1.165, 1.54) is 0 Å². The smallest absolute Gasteiger partial charge is 0.322 e. The van der Waals surface area contributed by atoms with Gasteiger partial charge in [-0.2, -0.15) is 0 Å². The molecule has 1 heterocycles. The van der Waals surface area contributed by atoms with E-state index >= 15 is 0 Å². The van der Waals surface area contributed by atoms with Crippen LogP contribution >= 0.6 is 23.2 Å². The Kier molecular flexibility index (Phi) is 5.56. The molecule has 3 rings (SSSR count). The number of piperazine rings is 1. The van der Waals surface area contributed by atoms with E-state index in [1.54, 1.807) is 30.2 Å². The molecule has 0 aromatic heterocycles. The number of halogens is 2. The molecular formula is C18H19Cl2N3O2. The number of nitrogens with zero attached hydrogens (tertiary/aromatic N) is 2. The Morgan fingerprint density at radius 1 is 1.08 bits per heavy atom. The minimum atomic E-state index is -0.172. The molecule has 0 saturated carbocycles. The summed E-state index contributed by atoms with van der Waals surface area (Å²) in [5.41, 5.74) is 1.62. The van der Waals surface area contributed by atoms with Crippen molar-refractivity contribution in [1.29, 1.82) is 0 Å². The lowest BCUT2D eigenvalue weighted by molar-refractivity contribution is 0.208. The van der Waals surface area contributed by atoms with Crippen molar-refractivity contribution in [2.24, 2.45) is 0 Å². The van der Waals surface area contributed by atoms with Crippen LogP contribution < -0.4 is 15.0 Å². The fraction of sp³-hybridized carbons (Fsp3) is 0.278. The van der Waals surface area contributed by atoms with Crippen LogP contribution in [0.1, 0.15) is 0 Å². The van der Waals surface area contributed by atoms with Gasteiger partial charge in [-0.05, 0) is 24.3 Å². The lowest BCUT2D eigenvalue weighted by atomic mass is 10.2. The average molecular weight is 380 g/mol. The van der Waals surface area contributed by atoms with Gasteiger partial charge in [0, 0.05) is 37.9 Å². The molecule has 0 aliphatic carbocycles. The third kappa shape index (κ3) is 4.11. The van der Waals surface area contributed by atoms with Crippen LogP contribution in [0.2, 0.25) is 10.0 Å². The molecule has 0 bridgehead atoms. The molecule has 1 N–H and O–H groups in total. The van der Waals surface area contributed by atoms with Crippen LogP contribution in [-0.4, -0.2) is 44.2 Å². The van der Waals surface area contributed by atoms with Gasteiger partial charge in [-0.3, -0.25) is 0 Å². The van der Waals surface area contributed by atoms with Gasteiger partial charge in [-0.25, -0.2) is 4.79 Å². The van der Waals surface area contributed by atoms with E-state index in [-0.39, 0.29) is 6.03 Å². The molecule has 25 heavy (non-hydrogen) atoms. The maximum absolute atomic E-state index is 12.4. The van der Waals surface area contributed by atoms with Crippen LogP contribution in [-0.2, 0) is 0 Å². The number of nitrogens with one attached hydrogen (secondary N) is 1. The molecule has 1 aliphatic rings. The van der Waals surface area contributed by atoms with Crippen LogP contribution in [0, 0.1) is 0 Å². The normalized spacial score (nSPS) is 14.4. The number of hydrogen-bond acceptors (Lipinski definition) is 3. The van der Waals surface area contributed by atoms with Gasteiger partial charge in [-0.1, -0.05) is 35.3 Å². The molecule has 1 saturated heterocycles. The van der Waals surface area contributed by atoms with Crippen LogP contribution in [0.15, 0.2) is 42.5 Å². The zero-order valence-corrected chi connectivity index (χ0v) is 15.3. The van der Waals surface area contributed by atoms with Crippen LogP contribution in [0.3, 0.4) is 0 Å². The van der Waals surface area contributed by atoms with Crippen molar-refractivity contribution in [3.63, 3.8) is 0 Å². The maximum atomic E-state index is 12.4. The first-order valence-electron chi connectivity index (χ1n) is 7.97. The standard InChI is InChI=1S/C18H19Cl2N3O2/c1-25-14-5-2-4-13(12-14)22-8-10-23(11-9-22)18(24)21-16-7-3-6-15(19)17(16)20/h2-7,12H,8-11H2,1H3,(H,21,24). The number of urea groups is 1. The SMILES string of the molecule is COc1cccc(N2CCN(C(=O)Nc3cccc(Cl)c3Cl)CC2)c1. The predicted octanol–water partition coefficient (Wildman–Crippen LogP) is 4.36. The summed E-state index contributed by atoms with van der Waals surface area (Å²) in [4.78, 5) is 16.5. The van der Waals surface area contributed by atoms with Gasteiger partial charge in [0.05, 0.1) is 22.8 Å². The minimum Gasteiger partial charge on any atom is -0.497 e. The molecular weight excluding hydrogens is 361 g/mol. The van der Waals surface area contributed by atoms with Crippen molar-refractivity contribution < 1.29 is 9.53 Å². The molecule has 132 valence electrons. The number of benzene rings is 2. The molecule has 2 aromatic carbocycles. The first-order valence-corrected chi connectivity index (χ1v) is 8.73. The van der Waals surface area contributed by atoms with Gasteiger partial charge in [0.15, 0.2) is 0 Å². The highest BCUT2D eigenvalue weighted by molar-refractivity contribution is 6.43. The Morgan fingerprint density at radius 3 is 2.52 bits per heavy atom. The molecule has 5 nitrogen and oxygen atoms in total. The van der Waals surface area contributed by atoms with E-state index in [9.17, 15) is 4.79 Å². The highest BCUT2D eigenvalue weighted by Crippen LogP contribution is 2.30. The van der Waals surface area contributed by atoms with Gasteiger partial charge in [0.1, 0.15) is 5.75 Å². The van der Waals surface area contributed by atoms with Crippen molar-refractivity contribution in [3.05, 3.63) is 52.5 Å². The van der Waals surface area contributed by atoms with E-state index in [4.69, 9.17) is 27.9 Å². The monoisotopic (exact) mass is 379 g/mol. The quantitative estimate of drug-likeness (QED) is 0.861. The lowest BCUT2D eigenvalue weighted by Gasteiger charge is -2.36. The van der Waals surface area contributed by atoms with E-state index in [0.29, 0.717) is 28.8 Å². The third-order valence-electron chi connectivity index (χ3n) is 4.18. The van der Waals surface area contributed by atoms with Crippen molar-refractivity contribution >= 4 is 40.6 Å². The molecule has 1 fully saturated rings. The predicted molar refractivity (Wildman–Crippen MR) is 102 cm³/mol. The van der Waals surface area contributed by atoms with Crippen molar-refractivity contribution in [3.8, 4) is 5.75 Å². The van der Waals surface area contributed by atoms with E-state index < -0.39 is 0 Å². The van der Waals surface area contributed by atoms with E-state index in [0.717, 1.165) is 24.5 Å². The molecule has 0 unspecified atom stereocenters. The fourth-order valence-corrected chi connectivity index (χ4v) is 3.12. The number of rotatable bonds is 3. The molecule has 7 heteroatoms. The number of carbonyl (C=O) groups excluding carboxylic acids is 1. The molecule has 0 atom stereocenters. The summed E-state index contributed by atoms with van der Waals surface area (Å²) in [6, 6.07) is 12.9. The zero-order chi connectivity index (χ0) is 17.8. The van der Waals surface area contributed by atoms with E-state index in [1.807, 2.05) is 24.3 Å². The second kappa shape index (κ2) is 7.85. The summed E-state index contributed by atoms with van der Waals surface area (Å²) in [6.07, 6.45) is 0. The highest BCUT2D eigenvalue weighted by atomic mass is 35.5. The lowest BCUT2D eigenvalue weighted by Crippen LogP contribution is -2.50. The Labute approximate surface area is 157 Å². The van der Waals surface area contributed by atoms with Crippen LogP contribution in [0.4, 0.5) is 16.2 Å². The number of amides is 2. The summed E-state index contributed by atoms with van der Waals surface area (Å²) in [5.74, 6) is 0.827. The first-order chi connectivity index (χ1) is 12.1. The number of ether oxygens (including phenoxy) is 1. The summed E-state index contributed by atoms with van der Waals surface area (Å²) >= 11 is 12.1. The van der Waals surface area contributed by atoms with Crippen molar-refractivity contribution in [2.45, 2.75) is 0 Å². The van der Waals surface area contributed by atoms with E-state index in [2.05, 4.69) is 10.2 Å². The summed E-state index contributed by atoms with van der Waals surface area (Å²) < 4.78 is 5.27. The number of hydrogen-bond donors (Lipinski definition) is 1. The van der Waals surface area contributed by atoms with Gasteiger partial charge >= 0.3 is 6.03 Å². The summed E-state index contributed by atoms with van der Waals surface area (Å²) in [5, 5.41) is 3.60. The number of carbonyl (C=O) groups is 1. The summed E-state index contributed by atoms with van der Waals surface area (Å²) in [7, 11) is 1.66. The molecule has 0 spiro atoms. The third-order valence-corrected chi connectivity index (χ3v) is 5.00. The number of anilines is 2. The van der Waals surface area contributed by atoms with Crippen LogP contribution in [0.25, 0.3) is 0 Å². The second-order valence-corrected chi connectivity index (χ2v) is 6.49. The highest BCUT2D eigenvalue weighted by Gasteiger charge is 2.22. The van der Waals surface area contributed by atoms with Gasteiger partial charge in [0.25, 0.3) is 0 Å². The van der Waals surface area contributed by atoms with Gasteiger partial charge in [-0.15, -0.1) is 0 Å². The van der Waals surface area contributed by atoms with Crippen molar-refractivity contribution in [1.82, 2.24) is 4.90 Å². The Bertz CT molecular complexity index is 762. The van der Waals surface area contributed by atoms with Gasteiger partial charge < -0.3 is 19.9 Å². The summed E-state index contributed by atoms with van der Waals surface area (Å²) in [6.45, 7) is 2.76. The molecule has 1 aliphatic heterocycles. The zero-order valence-electron chi connectivity index (χ0n) is 13.8. The largest absolute Gasteiger partial charge is 0.497 e. The maximum Gasteiger partial charge on any atom is 0.322 e. The van der Waals surface area contributed by atoms with Crippen LogP contribution in [0.5, 0.6) is 5.75 Å². The molecule has 0 radical (unpaired) electrons. The fourth-order valence-electron chi connectivity index (χ4n) is 2.77. The minimum absolute atomic E-state index is 0.172. The second-order valence-electron chi connectivity index (χ2n) is 5.71. The van der Waals surface area contributed by atoms with Crippen molar-refractivity contribution in [2.75, 3.05) is 43.5 Å². The Morgan fingerprint density at radius 2 is 1.80 bits per heavy atom. The molecule has 2 amide bonds. The molecule has 2 aromatic rings. The van der Waals surface area contributed by atoms with Gasteiger partial charge in [0.2, 0.25) is 0 Å². The Hall–Kier alpha value is -2.11. The average Bonchev–Trinajstić information content (AvgIpc) is 2.65. The Balaban J connectivity index is 1.60.